The largest absolute Gasteiger partial charge is 0.478 e. The molecule has 0 spiro atoms. The molecule has 0 radical (unpaired) electrons. The molecule has 0 fully saturated rings. The Morgan fingerprint density at radius 1 is 1.42 bits per heavy atom. The molecule has 0 saturated heterocycles. The topological polar surface area (TPSA) is 49.8 Å². The van der Waals surface area contributed by atoms with Crippen LogP contribution >= 0.6 is 24.2 Å². The van der Waals surface area contributed by atoms with Crippen molar-refractivity contribution in [3.63, 3.8) is 0 Å². The number of aromatic carboxylic acids is 1. The summed E-state index contributed by atoms with van der Waals surface area (Å²) in [6.07, 6.45) is 3.73. The third kappa shape index (κ3) is 3.57. The Morgan fingerprint density at radius 3 is 2.83 bits per heavy atom. The Labute approximate surface area is 153 Å². The van der Waals surface area contributed by atoms with Gasteiger partial charge >= 0.3 is 5.97 Å². The minimum absolute atomic E-state index is 0.174. The standard InChI is InChI=1S/C18H25NO3S2/c1-18(2)6-4-14-13(8-18)15(17(20)21)16(24-14)12-5-7-22-10-11(12)9-19(3)23/h23H,4-10H2,1-3H3,(H,20,21). The van der Waals surface area contributed by atoms with Crippen LogP contribution in [0.4, 0.5) is 0 Å². The second kappa shape index (κ2) is 6.83. The summed E-state index contributed by atoms with van der Waals surface area (Å²) < 4.78 is 7.43. The van der Waals surface area contributed by atoms with Gasteiger partial charge in [-0.25, -0.2) is 4.79 Å². The molecule has 2 heterocycles. The number of likely N-dealkylation sites (N-methyl/N-ethyl adjacent to an activating group) is 1. The second-order valence-corrected chi connectivity index (χ2v) is 9.34. The van der Waals surface area contributed by atoms with Crippen LogP contribution in [0.5, 0.6) is 0 Å². The number of hydrogen-bond donors (Lipinski definition) is 2. The number of rotatable bonds is 4. The van der Waals surface area contributed by atoms with E-state index in [2.05, 4.69) is 26.7 Å². The fourth-order valence-corrected chi connectivity index (χ4v) is 5.28. The summed E-state index contributed by atoms with van der Waals surface area (Å²) in [6, 6.07) is 0. The number of carbonyl (C=O) groups is 1. The van der Waals surface area contributed by atoms with Crippen molar-refractivity contribution >= 4 is 35.7 Å². The second-order valence-electron chi connectivity index (χ2n) is 7.55. The zero-order chi connectivity index (χ0) is 17.5. The third-order valence-corrected chi connectivity index (χ3v) is 6.37. The number of carboxylic acid groups (broad SMARTS) is 1. The van der Waals surface area contributed by atoms with Crippen molar-refractivity contribution in [1.29, 1.82) is 0 Å². The predicted octanol–water partition coefficient (Wildman–Crippen LogP) is 3.91. The van der Waals surface area contributed by atoms with E-state index in [1.54, 1.807) is 11.3 Å². The molecule has 0 saturated carbocycles. The van der Waals surface area contributed by atoms with Crippen LogP contribution in [0.25, 0.3) is 5.57 Å². The number of carboxylic acids is 1. The summed E-state index contributed by atoms with van der Waals surface area (Å²) in [5, 5.41) is 9.91. The normalized spacial score (nSPS) is 20.4. The fourth-order valence-electron chi connectivity index (χ4n) is 3.68. The lowest BCUT2D eigenvalue weighted by Gasteiger charge is -2.29. The molecule has 1 aromatic heterocycles. The summed E-state index contributed by atoms with van der Waals surface area (Å²) in [5.74, 6) is -0.794. The van der Waals surface area contributed by atoms with Gasteiger partial charge in [0.15, 0.2) is 0 Å². The minimum atomic E-state index is -0.794. The van der Waals surface area contributed by atoms with Crippen molar-refractivity contribution in [1.82, 2.24) is 4.31 Å². The first kappa shape index (κ1) is 18.0. The number of nitrogens with zero attached hydrogens (tertiary/aromatic N) is 1. The van der Waals surface area contributed by atoms with Crippen LogP contribution in [0.3, 0.4) is 0 Å². The van der Waals surface area contributed by atoms with Gasteiger partial charge < -0.3 is 9.84 Å². The van der Waals surface area contributed by atoms with Crippen LogP contribution in [0.1, 0.15) is 52.4 Å². The number of ether oxygens (including phenoxy) is 1. The van der Waals surface area contributed by atoms with E-state index in [-0.39, 0.29) is 5.41 Å². The maximum absolute atomic E-state index is 12.1. The first-order chi connectivity index (χ1) is 11.3. The smallest absolute Gasteiger partial charge is 0.337 e. The van der Waals surface area contributed by atoms with Crippen molar-refractivity contribution < 1.29 is 14.6 Å². The fraction of sp³-hybridized carbons (Fsp3) is 0.611. The molecule has 1 aromatic rings. The lowest BCUT2D eigenvalue weighted by Crippen LogP contribution is -2.23. The number of thiol groups is 1. The Hall–Kier alpha value is -0.820. The molecule has 1 aliphatic heterocycles. The Kier molecular flexibility index (Phi) is 5.12. The average Bonchev–Trinajstić information content (AvgIpc) is 2.84. The van der Waals surface area contributed by atoms with E-state index in [1.165, 1.54) is 4.88 Å². The number of hydrogen-bond acceptors (Lipinski definition) is 5. The predicted molar refractivity (Wildman–Crippen MR) is 101 cm³/mol. The molecule has 0 atom stereocenters. The molecule has 24 heavy (non-hydrogen) atoms. The van der Waals surface area contributed by atoms with Gasteiger partial charge in [0, 0.05) is 16.3 Å². The third-order valence-electron chi connectivity index (χ3n) is 4.88. The molecule has 6 heteroatoms. The van der Waals surface area contributed by atoms with Gasteiger partial charge in [-0.15, -0.1) is 11.3 Å². The molecule has 0 amide bonds. The van der Waals surface area contributed by atoms with Crippen molar-refractivity contribution in [2.75, 3.05) is 26.8 Å². The first-order valence-electron chi connectivity index (χ1n) is 8.35. The number of aryl methyl sites for hydroxylation is 1. The van der Waals surface area contributed by atoms with E-state index in [9.17, 15) is 9.90 Å². The zero-order valence-corrected chi connectivity index (χ0v) is 16.2. The molecule has 132 valence electrons. The van der Waals surface area contributed by atoms with Gasteiger partial charge in [-0.2, -0.15) is 0 Å². The van der Waals surface area contributed by atoms with E-state index >= 15 is 0 Å². The van der Waals surface area contributed by atoms with Crippen molar-refractivity contribution in [2.45, 2.75) is 39.5 Å². The molecule has 0 aromatic carbocycles. The number of fused-ring (bicyclic) bond motifs is 1. The van der Waals surface area contributed by atoms with Crippen LogP contribution in [-0.2, 0) is 17.6 Å². The van der Waals surface area contributed by atoms with Crippen molar-refractivity contribution in [3.05, 3.63) is 26.5 Å². The van der Waals surface area contributed by atoms with Crippen LogP contribution in [0, 0.1) is 5.41 Å². The Bertz CT molecular complexity index is 689. The summed E-state index contributed by atoms with van der Waals surface area (Å²) >= 11 is 6.04. The molecule has 1 N–H and O–H groups in total. The van der Waals surface area contributed by atoms with E-state index in [4.69, 9.17) is 4.74 Å². The van der Waals surface area contributed by atoms with Gasteiger partial charge in [0.2, 0.25) is 0 Å². The highest BCUT2D eigenvalue weighted by molar-refractivity contribution is 7.77. The lowest BCUT2D eigenvalue weighted by atomic mass is 9.75. The summed E-state index contributed by atoms with van der Waals surface area (Å²) in [6.45, 7) is 6.36. The summed E-state index contributed by atoms with van der Waals surface area (Å²) in [7, 11) is 1.91. The Balaban J connectivity index is 2.12. The van der Waals surface area contributed by atoms with Gasteiger partial charge in [-0.1, -0.05) is 26.7 Å². The molecule has 0 bridgehead atoms. The molecule has 4 nitrogen and oxygen atoms in total. The maximum Gasteiger partial charge on any atom is 0.337 e. The van der Waals surface area contributed by atoms with Gasteiger partial charge in [-0.3, -0.25) is 4.31 Å². The maximum atomic E-state index is 12.1. The van der Waals surface area contributed by atoms with E-state index in [0.29, 0.717) is 25.3 Å². The molecule has 3 rings (SSSR count). The summed E-state index contributed by atoms with van der Waals surface area (Å²) in [5.41, 5.74) is 4.10. The average molecular weight is 368 g/mol. The first-order valence-corrected chi connectivity index (χ1v) is 9.57. The van der Waals surface area contributed by atoms with E-state index in [0.717, 1.165) is 47.3 Å². The van der Waals surface area contributed by atoms with Crippen LogP contribution in [0.15, 0.2) is 5.57 Å². The summed E-state index contributed by atoms with van der Waals surface area (Å²) in [4.78, 5) is 14.3. The zero-order valence-electron chi connectivity index (χ0n) is 14.5. The van der Waals surface area contributed by atoms with E-state index < -0.39 is 5.97 Å². The van der Waals surface area contributed by atoms with Gasteiger partial charge in [0.25, 0.3) is 0 Å². The molecular weight excluding hydrogens is 342 g/mol. The van der Waals surface area contributed by atoms with Crippen LogP contribution < -0.4 is 0 Å². The highest BCUT2D eigenvalue weighted by Crippen LogP contribution is 2.45. The highest BCUT2D eigenvalue weighted by atomic mass is 32.1. The van der Waals surface area contributed by atoms with Gasteiger partial charge in [0.05, 0.1) is 18.8 Å². The van der Waals surface area contributed by atoms with Gasteiger partial charge in [-0.05, 0) is 54.9 Å². The van der Waals surface area contributed by atoms with E-state index in [1.807, 2.05) is 11.4 Å². The quantitative estimate of drug-likeness (QED) is 0.792. The molecular formula is C18H25NO3S2. The lowest BCUT2D eigenvalue weighted by molar-refractivity contribution is 0.0694. The van der Waals surface area contributed by atoms with Crippen molar-refractivity contribution in [3.8, 4) is 0 Å². The van der Waals surface area contributed by atoms with Crippen LogP contribution in [-0.4, -0.2) is 42.2 Å². The highest BCUT2D eigenvalue weighted by Gasteiger charge is 2.34. The SMILES string of the molecule is CN(S)CC1=C(c2sc3c(c2C(=O)O)CC(C)(C)CC3)CCOC1. The van der Waals surface area contributed by atoms with Gasteiger partial charge in [0.1, 0.15) is 0 Å². The van der Waals surface area contributed by atoms with Crippen molar-refractivity contribution in [2.24, 2.45) is 5.41 Å². The monoisotopic (exact) mass is 367 g/mol. The minimum Gasteiger partial charge on any atom is -0.478 e. The molecule has 1 aliphatic carbocycles. The Morgan fingerprint density at radius 2 is 2.17 bits per heavy atom. The van der Waals surface area contributed by atoms with Crippen LogP contribution in [0.2, 0.25) is 0 Å². The molecule has 0 unspecified atom stereocenters. The molecule has 2 aliphatic rings. The number of thiophene rings is 1.